The van der Waals surface area contributed by atoms with Crippen LogP contribution in [0.15, 0.2) is 0 Å². The molecule has 1 nitrogen and oxygen atoms in total. The summed E-state index contributed by atoms with van der Waals surface area (Å²) in [5.74, 6) is 3.77. The maximum Gasteiger partial charge on any atom is 0.0543 e. The average molecular weight is 210 g/mol. The first-order valence-electron chi connectivity index (χ1n) is 6.24. The van der Waals surface area contributed by atoms with E-state index < -0.39 is 0 Å². The fourth-order valence-corrected chi connectivity index (χ4v) is 1.82. The third-order valence-corrected chi connectivity index (χ3v) is 2.73. The molecular weight excluding hydrogens is 184 g/mol. The van der Waals surface area contributed by atoms with Crippen LogP contribution in [0.25, 0.3) is 0 Å². The van der Waals surface area contributed by atoms with Gasteiger partial charge in [-0.25, -0.2) is 0 Å². The third kappa shape index (κ3) is 8.51. The van der Waals surface area contributed by atoms with E-state index in [9.17, 15) is 5.11 Å². The van der Waals surface area contributed by atoms with Gasteiger partial charge in [0.05, 0.1) is 6.10 Å². The summed E-state index contributed by atoms with van der Waals surface area (Å²) in [4.78, 5) is 0. The van der Waals surface area contributed by atoms with Crippen LogP contribution in [0.3, 0.4) is 0 Å². The smallest absolute Gasteiger partial charge is 0.0543 e. The van der Waals surface area contributed by atoms with Crippen LogP contribution in [0.4, 0.5) is 0 Å². The number of unbranched alkanes of at least 4 members (excludes halogenated alkanes) is 1. The van der Waals surface area contributed by atoms with Crippen LogP contribution in [0.2, 0.25) is 0 Å². The molecule has 0 aliphatic rings. The quantitative estimate of drug-likeness (QED) is 0.607. The van der Waals surface area contributed by atoms with E-state index in [-0.39, 0.29) is 6.10 Å². The van der Waals surface area contributed by atoms with Gasteiger partial charge in [-0.2, -0.15) is 0 Å². The van der Waals surface area contributed by atoms with Crippen molar-refractivity contribution >= 4 is 0 Å². The monoisotopic (exact) mass is 210 g/mol. The van der Waals surface area contributed by atoms with Crippen LogP contribution in [-0.2, 0) is 0 Å². The maximum atomic E-state index is 9.72. The van der Waals surface area contributed by atoms with E-state index in [0.717, 1.165) is 25.7 Å². The number of rotatable bonds is 8. The highest BCUT2D eigenvalue weighted by Gasteiger charge is 2.10. The van der Waals surface area contributed by atoms with Gasteiger partial charge in [0.25, 0.3) is 0 Å². The Morgan fingerprint density at radius 2 is 1.87 bits per heavy atom. The second-order valence-corrected chi connectivity index (χ2v) is 4.87. The predicted octanol–water partition coefficient (Wildman–Crippen LogP) is 3.61. The fraction of sp³-hybridized carbons (Fsp3) is 0.857. The molecule has 0 saturated heterocycles. The Morgan fingerprint density at radius 3 is 2.33 bits per heavy atom. The second-order valence-electron chi connectivity index (χ2n) is 4.87. The lowest BCUT2D eigenvalue weighted by Crippen LogP contribution is -2.12. The van der Waals surface area contributed by atoms with Gasteiger partial charge in [0.1, 0.15) is 0 Å². The molecule has 0 radical (unpaired) electrons. The molecule has 1 N–H and O–H groups in total. The first-order valence-corrected chi connectivity index (χ1v) is 6.24. The van der Waals surface area contributed by atoms with E-state index in [1.165, 1.54) is 12.8 Å². The predicted molar refractivity (Wildman–Crippen MR) is 66.5 cm³/mol. The zero-order valence-corrected chi connectivity index (χ0v) is 10.5. The molecule has 0 spiro atoms. The molecule has 0 aromatic heterocycles. The minimum atomic E-state index is -0.164. The zero-order chi connectivity index (χ0) is 11.7. The molecule has 1 heteroatoms. The van der Waals surface area contributed by atoms with E-state index in [1.807, 2.05) is 0 Å². The van der Waals surface area contributed by atoms with Crippen molar-refractivity contribution < 1.29 is 5.11 Å². The minimum Gasteiger partial charge on any atom is -0.393 e. The highest BCUT2D eigenvalue weighted by Crippen LogP contribution is 2.17. The lowest BCUT2D eigenvalue weighted by molar-refractivity contribution is 0.133. The van der Waals surface area contributed by atoms with Gasteiger partial charge in [-0.1, -0.05) is 33.6 Å². The second kappa shape index (κ2) is 8.80. The van der Waals surface area contributed by atoms with Crippen molar-refractivity contribution in [1.82, 2.24) is 0 Å². The summed E-state index contributed by atoms with van der Waals surface area (Å²) in [6, 6.07) is 0. The standard InChI is InChI=1S/C14H26O/c1-5-7-8-13(6-2)9-10-14(15)11-12(3)4/h2,12-15H,5,7-11H2,1,3-4H3. The van der Waals surface area contributed by atoms with Crippen molar-refractivity contribution in [1.29, 1.82) is 0 Å². The molecule has 0 bridgehead atoms. The fourth-order valence-electron chi connectivity index (χ4n) is 1.82. The van der Waals surface area contributed by atoms with Gasteiger partial charge in [-0.05, 0) is 31.6 Å². The van der Waals surface area contributed by atoms with E-state index in [2.05, 4.69) is 26.7 Å². The Morgan fingerprint density at radius 1 is 1.20 bits per heavy atom. The van der Waals surface area contributed by atoms with Gasteiger partial charge < -0.3 is 5.11 Å². The number of hydrogen-bond acceptors (Lipinski definition) is 1. The molecule has 0 aromatic rings. The molecule has 0 aliphatic heterocycles. The molecule has 88 valence electrons. The van der Waals surface area contributed by atoms with Crippen molar-refractivity contribution in [3.63, 3.8) is 0 Å². The van der Waals surface area contributed by atoms with Gasteiger partial charge in [-0.15, -0.1) is 12.3 Å². The molecular formula is C14H26O. The highest BCUT2D eigenvalue weighted by molar-refractivity contribution is 4.92. The Labute approximate surface area is 95.3 Å². The number of aliphatic hydroxyl groups excluding tert-OH is 1. The molecule has 0 saturated carbocycles. The lowest BCUT2D eigenvalue weighted by atomic mass is 9.94. The molecule has 0 aromatic carbocycles. The molecule has 15 heavy (non-hydrogen) atoms. The first kappa shape index (κ1) is 14.5. The summed E-state index contributed by atoms with van der Waals surface area (Å²) in [5, 5.41) is 9.72. The molecule has 2 unspecified atom stereocenters. The third-order valence-electron chi connectivity index (χ3n) is 2.73. The number of aliphatic hydroxyl groups is 1. The zero-order valence-electron chi connectivity index (χ0n) is 10.5. The van der Waals surface area contributed by atoms with Gasteiger partial charge >= 0.3 is 0 Å². The molecule has 0 rings (SSSR count). The van der Waals surface area contributed by atoms with Crippen molar-refractivity contribution in [2.75, 3.05) is 0 Å². The molecule has 0 amide bonds. The van der Waals surface area contributed by atoms with Gasteiger partial charge in [-0.3, -0.25) is 0 Å². The molecule has 0 aliphatic carbocycles. The van der Waals surface area contributed by atoms with Gasteiger partial charge in [0.15, 0.2) is 0 Å². The van der Waals surface area contributed by atoms with Gasteiger partial charge in [0.2, 0.25) is 0 Å². The van der Waals surface area contributed by atoms with Gasteiger partial charge in [0, 0.05) is 5.92 Å². The summed E-state index contributed by atoms with van der Waals surface area (Å²) in [6.07, 6.45) is 11.6. The van der Waals surface area contributed by atoms with E-state index in [0.29, 0.717) is 11.8 Å². The van der Waals surface area contributed by atoms with Crippen LogP contribution in [0.1, 0.15) is 59.3 Å². The average Bonchev–Trinajstić information content (AvgIpc) is 2.17. The van der Waals surface area contributed by atoms with E-state index in [1.54, 1.807) is 0 Å². The lowest BCUT2D eigenvalue weighted by Gasteiger charge is -2.15. The van der Waals surface area contributed by atoms with Crippen LogP contribution >= 0.6 is 0 Å². The molecule has 0 heterocycles. The van der Waals surface area contributed by atoms with Crippen LogP contribution in [0.5, 0.6) is 0 Å². The van der Waals surface area contributed by atoms with Crippen molar-refractivity contribution in [2.45, 2.75) is 65.4 Å². The summed E-state index contributed by atoms with van der Waals surface area (Å²) in [5.41, 5.74) is 0. The summed E-state index contributed by atoms with van der Waals surface area (Å²) in [7, 11) is 0. The summed E-state index contributed by atoms with van der Waals surface area (Å²) in [6.45, 7) is 6.46. The Bertz CT molecular complexity index is 178. The first-order chi connectivity index (χ1) is 7.10. The van der Waals surface area contributed by atoms with E-state index in [4.69, 9.17) is 6.42 Å². The van der Waals surface area contributed by atoms with Crippen LogP contribution in [-0.4, -0.2) is 11.2 Å². The number of hydrogen-bond donors (Lipinski definition) is 1. The Kier molecular flexibility index (Phi) is 8.52. The Balaban J connectivity index is 3.66. The largest absolute Gasteiger partial charge is 0.393 e. The maximum absolute atomic E-state index is 9.72. The topological polar surface area (TPSA) is 20.2 Å². The normalized spacial score (nSPS) is 14.9. The highest BCUT2D eigenvalue weighted by atomic mass is 16.3. The Hall–Kier alpha value is -0.480. The van der Waals surface area contributed by atoms with E-state index >= 15 is 0 Å². The molecule has 0 fully saturated rings. The number of terminal acetylenes is 1. The summed E-state index contributed by atoms with van der Waals surface area (Å²) >= 11 is 0. The van der Waals surface area contributed by atoms with Crippen LogP contribution < -0.4 is 0 Å². The van der Waals surface area contributed by atoms with Crippen molar-refractivity contribution in [2.24, 2.45) is 11.8 Å². The van der Waals surface area contributed by atoms with Crippen LogP contribution in [0, 0.1) is 24.2 Å². The van der Waals surface area contributed by atoms with Crippen molar-refractivity contribution in [3.05, 3.63) is 0 Å². The summed E-state index contributed by atoms with van der Waals surface area (Å²) < 4.78 is 0. The molecule has 2 atom stereocenters. The van der Waals surface area contributed by atoms with Crippen molar-refractivity contribution in [3.8, 4) is 12.3 Å². The minimum absolute atomic E-state index is 0.164. The SMILES string of the molecule is C#CC(CCCC)CCC(O)CC(C)C.